The van der Waals surface area contributed by atoms with E-state index in [1.165, 1.54) is 5.56 Å². The lowest BCUT2D eigenvalue weighted by atomic mass is 10.1. The minimum atomic E-state index is -1.09. The molecule has 0 aliphatic rings. The highest BCUT2D eigenvalue weighted by Crippen LogP contribution is 2.15. The van der Waals surface area contributed by atoms with Gasteiger partial charge in [0.15, 0.2) is 5.69 Å². The molecule has 1 N–H and O–H groups in total. The van der Waals surface area contributed by atoms with Crippen LogP contribution in [0, 0.1) is 6.92 Å². The molecule has 2 aromatic rings. The second-order valence-electron chi connectivity index (χ2n) is 4.16. The molecule has 0 amide bonds. The molecule has 0 bridgehead atoms. The standard InChI is InChI=1S/C13H14N2O3/c1-9-3-5-10(6-4-9)7-15(2)13-14-11(8-18-13)12(16)17/h3-6,8H,7H2,1-2H3,(H,16,17). The lowest BCUT2D eigenvalue weighted by molar-refractivity contribution is 0.0690. The molecular weight excluding hydrogens is 232 g/mol. The SMILES string of the molecule is Cc1ccc(CN(C)c2nc(C(=O)O)co2)cc1. The van der Waals surface area contributed by atoms with Gasteiger partial charge >= 0.3 is 5.97 Å². The smallest absolute Gasteiger partial charge is 0.357 e. The van der Waals surface area contributed by atoms with Crippen LogP contribution in [0.5, 0.6) is 0 Å². The van der Waals surface area contributed by atoms with Gasteiger partial charge in [-0.05, 0) is 12.5 Å². The average molecular weight is 246 g/mol. The summed E-state index contributed by atoms with van der Waals surface area (Å²) in [4.78, 5) is 16.3. The number of anilines is 1. The molecule has 0 spiro atoms. The minimum absolute atomic E-state index is 0.0826. The number of rotatable bonds is 4. The summed E-state index contributed by atoms with van der Waals surface area (Å²) in [5, 5.41) is 8.76. The number of oxazole rings is 1. The third-order valence-corrected chi connectivity index (χ3v) is 2.58. The molecule has 94 valence electrons. The molecule has 0 atom stereocenters. The van der Waals surface area contributed by atoms with Crippen molar-refractivity contribution < 1.29 is 14.3 Å². The number of carbonyl (C=O) groups is 1. The first-order valence-electron chi connectivity index (χ1n) is 5.52. The Balaban J connectivity index is 2.09. The molecule has 1 aromatic heterocycles. The normalized spacial score (nSPS) is 10.3. The van der Waals surface area contributed by atoms with Crippen molar-refractivity contribution in [3.05, 3.63) is 47.3 Å². The largest absolute Gasteiger partial charge is 0.476 e. The van der Waals surface area contributed by atoms with Gasteiger partial charge in [-0.2, -0.15) is 4.98 Å². The van der Waals surface area contributed by atoms with E-state index in [-0.39, 0.29) is 5.69 Å². The molecular formula is C13H14N2O3. The van der Waals surface area contributed by atoms with Gasteiger partial charge in [-0.15, -0.1) is 0 Å². The maximum atomic E-state index is 10.7. The van der Waals surface area contributed by atoms with Crippen LogP contribution in [0.4, 0.5) is 6.01 Å². The fourth-order valence-corrected chi connectivity index (χ4v) is 1.57. The summed E-state index contributed by atoms with van der Waals surface area (Å²) in [5.74, 6) is -1.09. The first-order chi connectivity index (χ1) is 8.56. The van der Waals surface area contributed by atoms with Crippen molar-refractivity contribution in [2.45, 2.75) is 13.5 Å². The maximum Gasteiger partial charge on any atom is 0.357 e. The van der Waals surface area contributed by atoms with E-state index < -0.39 is 5.97 Å². The van der Waals surface area contributed by atoms with E-state index in [2.05, 4.69) is 4.98 Å². The van der Waals surface area contributed by atoms with Gasteiger partial charge in [-0.1, -0.05) is 29.8 Å². The molecule has 0 unspecified atom stereocenters. The van der Waals surface area contributed by atoms with Gasteiger partial charge in [0, 0.05) is 13.6 Å². The van der Waals surface area contributed by atoms with Crippen LogP contribution in [0.3, 0.4) is 0 Å². The summed E-state index contributed by atoms with van der Waals surface area (Å²) in [5.41, 5.74) is 2.23. The van der Waals surface area contributed by atoms with Crippen molar-refractivity contribution in [3.8, 4) is 0 Å². The fraction of sp³-hybridized carbons (Fsp3) is 0.231. The molecule has 0 radical (unpaired) electrons. The van der Waals surface area contributed by atoms with Gasteiger partial charge in [0.1, 0.15) is 6.26 Å². The highest BCUT2D eigenvalue weighted by Gasteiger charge is 2.13. The molecule has 0 aliphatic heterocycles. The first kappa shape index (κ1) is 12.2. The molecule has 2 rings (SSSR count). The van der Waals surface area contributed by atoms with E-state index in [0.29, 0.717) is 12.6 Å². The highest BCUT2D eigenvalue weighted by atomic mass is 16.4. The summed E-state index contributed by atoms with van der Waals surface area (Å²) in [6.07, 6.45) is 1.14. The molecule has 1 heterocycles. The van der Waals surface area contributed by atoms with E-state index in [4.69, 9.17) is 9.52 Å². The second kappa shape index (κ2) is 4.91. The molecule has 0 fully saturated rings. The van der Waals surface area contributed by atoms with E-state index in [0.717, 1.165) is 11.8 Å². The van der Waals surface area contributed by atoms with Crippen LogP contribution in [0.25, 0.3) is 0 Å². The van der Waals surface area contributed by atoms with Crippen LogP contribution >= 0.6 is 0 Å². The van der Waals surface area contributed by atoms with Crippen LogP contribution in [0.15, 0.2) is 34.9 Å². The number of hydrogen-bond acceptors (Lipinski definition) is 4. The predicted molar refractivity (Wildman–Crippen MR) is 66.7 cm³/mol. The number of carboxylic acids is 1. The van der Waals surface area contributed by atoms with Gasteiger partial charge in [0.2, 0.25) is 0 Å². The van der Waals surface area contributed by atoms with Crippen molar-refractivity contribution in [2.75, 3.05) is 11.9 Å². The minimum Gasteiger partial charge on any atom is -0.476 e. The maximum absolute atomic E-state index is 10.7. The quantitative estimate of drug-likeness (QED) is 0.896. The van der Waals surface area contributed by atoms with Crippen molar-refractivity contribution in [2.24, 2.45) is 0 Å². The Hall–Kier alpha value is -2.30. The first-order valence-corrected chi connectivity index (χ1v) is 5.52. The predicted octanol–water partition coefficient (Wildman–Crippen LogP) is 2.32. The molecule has 18 heavy (non-hydrogen) atoms. The number of aromatic carboxylic acids is 1. The van der Waals surface area contributed by atoms with Crippen molar-refractivity contribution in [1.29, 1.82) is 0 Å². The summed E-state index contributed by atoms with van der Waals surface area (Å²) < 4.78 is 5.12. The molecule has 5 heteroatoms. The number of carboxylic acid groups (broad SMARTS) is 1. The number of nitrogens with zero attached hydrogens (tertiary/aromatic N) is 2. The van der Waals surface area contributed by atoms with E-state index in [1.807, 2.05) is 31.2 Å². The Kier molecular flexibility index (Phi) is 3.32. The molecule has 0 saturated carbocycles. The summed E-state index contributed by atoms with van der Waals surface area (Å²) in [6, 6.07) is 8.40. The Morgan fingerprint density at radius 3 is 2.61 bits per heavy atom. The molecule has 5 nitrogen and oxygen atoms in total. The van der Waals surface area contributed by atoms with Crippen LogP contribution in [-0.2, 0) is 6.54 Å². The Morgan fingerprint density at radius 1 is 1.39 bits per heavy atom. The fourth-order valence-electron chi connectivity index (χ4n) is 1.57. The summed E-state index contributed by atoms with van der Waals surface area (Å²) >= 11 is 0. The van der Waals surface area contributed by atoms with Gasteiger partial charge in [0.05, 0.1) is 0 Å². The third kappa shape index (κ3) is 2.68. The molecule has 0 saturated heterocycles. The average Bonchev–Trinajstić information content (AvgIpc) is 2.81. The Bertz CT molecular complexity index is 546. The lowest BCUT2D eigenvalue weighted by Gasteiger charge is -2.14. The van der Waals surface area contributed by atoms with Crippen LogP contribution in [-0.4, -0.2) is 23.1 Å². The lowest BCUT2D eigenvalue weighted by Crippen LogP contribution is -2.16. The zero-order chi connectivity index (χ0) is 13.1. The van der Waals surface area contributed by atoms with Crippen molar-refractivity contribution >= 4 is 12.0 Å². The van der Waals surface area contributed by atoms with Crippen LogP contribution < -0.4 is 4.90 Å². The van der Waals surface area contributed by atoms with Gasteiger partial charge < -0.3 is 14.4 Å². The van der Waals surface area contributed by atoms with Crippen molar-refractivity contribution in [1.82, 2.24) is 4.98 Å². The zero-order valence-corrected chi connectivity index (χ0v) is 10.3. The molecule has 1 aromatic carbocycles. The Morgan fingerprint density at radius 2 is 2.06 bits per heavy atom. The van der Waals surface area contributed by atoms with Gasteiger partial charge in [0.25, 0.3) is 6.01 Å². The summed E-state index contributed by atoms with van der Waals surface area (Å²) in [6.45, 7) is 2.64. The van der Waals surface area contributed by atoms with Crippen LogP contribution in [0.1, 0.15) is 21.6 Å². The Labute approximate surface area is 105 Å². The number of aryl methyl sites for hydroxylation is 1. The van der Waals surface area contributed by atoms with Crippen molar-refractivity contribution in [3.63, 3.8) is 0 Å². The topological polar surface area (TPSA) is 66.6 Å². The highest BCUT2D eigenvalue weighted by molar-refractivity contribution is 5.85. The zero-order valence-electron chi connectivity index (χ0n) is 10.3. The number of hydrogen-bond donors (Lipinski definition) is 1. The van der Waals surface area contributed by atoms with E-state index in [9.17, 15) is 4.79 Å². The van der Waals surface area contributed by atoms with Gasteiger partial charge in [-0.25, -0.2) is 4.79 Å². The molecule has 0 aliphatic carbocycles. The second-order valence-corrected chi connectivity index (χ2v) is 4.16. The number of benzene rings is 1. The third-order valence-electron chi connectivity index (χ3n) is 2.58. The van der Waals surface area contributed by atoms with E-state index >= 15 is 0 Å². The monoisotopic (exact) mass is 246 g/mol. The van der Waals surface area contributed by atoms with E-state index in [1.54, 1.807) is 11.9 Å². The van der Waals surface area contributed by atoms with Gasteiger partial charge in [-0.3, -0.25) is 0 Å². The number of aromatic nitrogens is 1. The van der Waals surface area contributed by atoms with Crippen LogP contribution in [0.2, 0.25) is 0 Å². The summed E-state index contributed by atoms with van der Waals surface area (Å²) in [7, 11) is 1.80.